The van der Waals surface area contributed by atoms with Crippen LogP contribution in [0.1, 0.15) is 13.3 Å². The van der Waals surface area contributed by atoms with Crippen molar-refractivity contribution in [2.75, 3.05) is 13.2 Å². The van der Waals surface area contributed by atoms with Crippen LogP contribution in [0.4, 0.5) is 0 Å². The minimum Gasteiger partial charge on any atom is -0.484 e. The Morgan fingerprint density at radius 2 is 2.12 bits per heavy atom. The number of hydrogen-bond donors (Lipinski definition) is 2. The van der Waals surface area contributed by atoms with Gasteiger partial charge in [-0.15, -0.1) is 0 Å². The van der Waals surface area contributed by atoms with Crippen molar-refractivity contribution in [3.05, 3.63) is 28.7 Å². The minimum absolute atomic E-state index is 0.0435. The number of rotatable bonds is 6. The minimum atomic E-state index is -0.228. The number of aliphatic hydroxyl groups is 1. The van der Waals surface area contributed by atoms with Crippen LogP contribution in [0.15, 0.2) is 28.7 Å². The van der Waals surface area contributed by atoms with E-state index in [9.17, 15) is 4.79 Å². The predicted octanol–water partition coefficient (Wildman–Crippen LogP) is 1.71. The van der Waals surface area contributed by atoms with E-state index < -0.39 is 0 Å². The van der Waals surface area contributed by atoms with Crippen molar-refractivity contribution in [1.29, 1.82) is 0 Å². The highest BCUT2D eigenvalue weighted by atomic mass is 79.9. The van der Waals surface area contributed by atoms with E-state index >= 15 is 0 Å². The maximum Gasteiger partial charge on any atom is 0.258 e. The molecule has 5 heteroatoms. The van der Waals surface area contributed by atoms with Gasteiger partial charge in [0.25, 0.3) is 5.91 Å². The van der Waals surface area contributed by atoms with Gasteiger partial charge in [0.15, 0.2) is 6.61 Å². The molecule has 0 unspecified atom stereocenters. The van der Waals surface area contributed by atoms with E-state index in [0.29, 0.717) is 12.2 Å². The van der Waals surface area contributed by atoms with Crippen molar-refractivity contribution in [1.82, 2.24) is 5.32 Å². The number of amides is 1. The van der Waals surface area contributed by atoms with Gasteiger partial charge in [0.1, 0.15) is 5.75 Å². The number of aliphatic hydroxyl groups excluding tert-OH is 1. The second kappa shape index (κ2) is 7.29. The fourth-order valence-corrected chi connectivity index (χ4v) is 1.49. The monoisotopic (exact) mass is 301 g/mol. The molecule has 0 aliphatic rings. The lowest BCUT2D eigenvalue weighted by Crippen LogP contribution is -2.39. The number of ether oxygens (including phenoxy) is 1. The average Bonchev–Trinajstić information content (AvgIpc) is 2.35. The van der Waals surface area contributed by atoms with Gasteiger partial charge in [-0.1, -0.05) is 22.9 Å². The SMILES string of the molecule is CC[C@H](CO)NC(=O)COc1ccc(Br)cc1. The summed E-state index contributed by atoms with van der Waals surface area (Å²) in [4.78, 5) is 11.5. The number of hydrogen-bond acceptors (Lipinski definition) is 3. The van der Waals surface area contributed by atoms with E-state index in [2.05, 4.69) is 21.2 Å². The fraction of sp³-hybridized carbons (Fsp3) is 0.417. The topological polar surface area (TPSA) is 58.6 Å². The maximum absolute atomic E-state index is 11.5. The molecule has 4 nitrogen and oxygen atoms in total. The fourth-order valence-electron chi connectivity index (χ4n) is 1.23. The molecule has 0 aliphatic carbocycles. The average molecular weight is 302 g/mol. The third-order valence-corrected chi connectivity index (χ3v) is 2.79. The largest absolute Gasteiger partial charge is 0.484 e. The van der Waals surface area contributed by atoms with Gasteiger partial charge < -0.3 is 15.2 Å². The highest BCUT2D eigenvalue weighted by Crippen LogP contribution is 2.15. The van der Waals surface area contributed by atoms with Crippen LogP contribution in [0, 0.1) is 0 Å². The summed E-state index contributed by atoms with van der Waals surface area (Å²) < 4.78 is 6.26. The normalized spacial score (nSPS) is 11.9. The first kappa shape index (κ1) is 14.0. The predicted molar refractivity (Wildman–Crippen MR) is 68.9 cm³/mol. The zero-order valence-corrected chi connectivity index (χ0v) is 11.2. The number of carbonyl (C=O) groups excluding carboxylic acids is 1. The van der Waals surface area contributed by atoms with Gasteiger partial charge in [-0.25, -0.2) is 0 Å². The Kier molecular flexibility index (Phi) is 6.00. The summed E-state index contributed by atoms with van der Waals surface area (Å²) in [6, 6.07) is 7.04. The van der Waals surface area contributed by atoms with Crippen LogP contribution in [-0.4, -0.2) is 30.3 Å². The van der Waals surface area contributed by atoms with Gasteiger partial charge in [0.2, 0.25) is 0 Å². The molecule has 1 amide bonds. The standard InChI is InChI=1S/C12H16BrNO3/c1-2-10(7-15)14-12(16)8-17-11-5-3-9(13)4-6-11/h3-6,10,15H,2,7-8H2,1H3,(H,14,16)/t10-/m1/s1. The van der Waals surface area contributed by atoms with Gasteiger partial charge in [-0.2, -0.15) is 0 Å². The smallest absolute Gasteiger partial charge is 0.258 e. The van der Waals surface area contributed by atoms with E-state index in [1.807, 2.05) is 19.1 Å². The van der Waals surface area contributed by atoms with E-state index in [1.165, 1.54) is 0 Å². The Balaban J connectivity index is 2.35. The first-order chi connectivity index (χ1) is 8.15. The lowest BCUT2D eigenvalue weighted by molar-refractivity contribution is -0.124. The van der Waals surface area contributed by atoms with E-state index in [-0.39, 0.29) is 25.2 Å². The summed E-state index contributed by atoms with van der Waals surface area (Å²) in [7, 11) is 0. The second-order valence-corrected chi connectivity index (χ2v) is 4.51. The van der Waals surface area contributed by atoms with Crippen molar-refractivity contribution < 1.29 is 14.6 Å². The Labute approximate surface area is 109 Å². The highest BCUT2D eigenvalue weighted by molar-refractivity contribution is 9.10. The molecule has 0 aliphatic heterocycles. The van der Waals surface area contributed by atoms with Crippen molar-refractivity contribution in [2.24, 2.45) is 0 Å². The molecule has 1 atom stereocenters. The molecule has 0 bridgehead atoms. The molecule has 0 aromatic heterocycles. The lowest BCUT2D eigenvalue weighted by Gasteiger charge is -2.14. The number of nitrogens with one attached hydrogen (secondary N) is 1. The number of carbonyl (C=O) groups is 1. The van der Waals surface area contributed by atoms with Crippen LogP contribution in [0.25, 0.3) is 0 Å². The summed E-state index contributed by atoms with van der Waals surface area (Å²) in [6.07, 6.45) is 0.695. The van der Waals surface area contributed by atoms with Crippen LogP contribution < -0.4 is 10.1 Å². The van der Waals surface area contributed by atoms with E-state index in [1.54, 1.807) is 12.1 Å². The molecule has 0 radical (unpaired) electrons. The molecule has 0 saturated carbocycles. The van der Waals surface area contributed by atoms with E-state index in [0.717, 1.165) is 4.47 Å². The molecule has 1 rings (SSSR count). The van der Waals surface area contributed by atoms with Gasteiger partial charge in [0.05, 0.1) is 12.6 Å². The van der Waals surface area contributed by atoms with Crippen LogP contribution in [0.3, 0.4) is 0 Å². The Morgan fingerprint density at radius 3 is 2.65 bits per heavy atom. The summed E-state index contributed by atoms with van der Waals surface area (Å²) in [6.45, 7) is 1.80. The quantitative estimate of drug-likeness (QED) is 0.841. The van der Waals surface area contributed by atoms with Crippen molar-refractivity contribution >= 4 is 21.8 Å². The molecule has 0 saturated heterocycles. The zero-order valence-electron chi connectivity index (χ0n) is 9.65. The van der Waals surface area contributed by atoms with Gasteiger partial charge >= 0.3 is 0 Å². The van der Waals surface area contributed by atoms with Gasteiger partial charge in [0, 0.05) is 4.47 Å². The molecule has 94 valence electrons. The van der Waals surface area contributed by atoms with E-state index in [4.69, 9.17) is 9.84 Å². The third kappa shape index (κ3) is 5.19. The molecule has 1 aromatic carbocycles. The zero-order chi connectivity index (χ0) is 12.7. The summed E-state index contributed by atoms with van der Waals surface area (Å²) >= 11 is 3.31. The molecule has 1 aromatic rings. The Hall–Kier alpha value is -1.07. The molecule has 17 heavy (non-hydrogen) atoms. The Bertz CT molecular complexity index is 349. The van der Waals surface area contributed by atoms with Gasteiger partial charge in [-0.05, 0) is 30.7 Å². The Morgan fingerprint density at radius 1 is 1.47 bits per heavy atom. The molecular weight excluding hydrogens is 286 g/mol. The molecule has 2 N–H and O–H groups in total. The first-order valence-corrected chi connectivity index (χ1v) is 6.23. The molecule has 0 fully saturated rings. The van der Waals surface area contributed by atoms with Crippen LogP contribution in [0.5, 0.6) is 5.75 Å². The highest BCUT2D eigenvalue weighted by Gasteiger charge is 2.09. The second-order valence-electron chi connectivity index (χ2n) is 3.60. The van der Waals surface area contributed by atoms with Crippen molar-refractivity contribution in [3.63, 3.8) is 0 Å². The summed E-state index contributed by atoms with van der Waals surface area (Å²) in [5.41, 5.74) is 0. The summed E-state index contributed by atoms with van der Waals surface area (Å²) in [5.74, 6) is 0.411. The van der Waals surface area contributed by atoms with Crippen LogP contribution in [-0.2, 0) is 4.79 Å². The van der Waals surface area contributed by atoms with Crippen LogP contribution >= 0.6 is 15.9 Å². The third-order valence-electron chi connectivity index (χ3n) is 2.26. The first-order valence-electron chi connectivity index (χ1n) is 5.44. The number of benzene rings is 1. The van der Waals surface area contributed by atoms with Crippen molar-refractivity contribution in [3.8, 4) is 5.75 Å². The number of halogens is 1. The molecule has 0 spiro atoms. The van der Waals surface area contributed by atoms with Gasteiger partial charge in [-0.3, -0.25) is 4.79 Å². The van der Waals surface area contributed by atoms with Crippen molar-refractivity contribution in [2.45, 2.75) is 19.4 Å². The molecule has 0 heterocycles. The summed E-state index contributed by atoms with van der Waals surface area (Å²) in [5, 5.41) is 11.6. The molecular formula is C12H16BrNO3. The lowest BCUT2D eigenvalue weighted by atomic mass is 10.2. The van der Waals surface area contributed by atoms with Crippen LogP contribution in [0.2, 0.25) is 0 Å². The maximum atomic E-state index is 11.5.